The van der Waals surface area contributed by atoms with Crippen molar-refractivity contribution in [1.29, 1.82) is 0 Å². The number of aryl methyl sites for hydroxylation is 1. The third-order valence-electron chi connectivity index (χ3n) is 5.83. The van der Waals surface area contributed by atoms with Crippen molar-refractivity contribution >= 4 is 27.3 Å². The van der Waals surface area contributed by atoms with Crippen LogP contribution in [0.15, 0.2) is 42.5 Å². The monoisotopic (exact) mass is 504 g/mol. The fourth-order valence-electron chi connectivity index (χ4n) is 3.97. The number of carbonyl (C=O) groups excluding carboxylic acids is 1. The summed E-state index contributed by atoms with van der Waals surface area (Å²) >= 11 is 0. The number of morpholine rings is 1. The first-order valence-corrected chi connectivity index (χ1v) is 13.4. The van der Waals surface area contributed by atoms with Crippen LogP contribution in [0.4, 0.5) is 11.4 Å². The van der Waals surface area contributed by atoms with E-state index in [4.69, 9.17) is 4.74 Å². The van der Waals surface area contributed by atoms with Gasteiger partial charge in [0, 0.05) is 51.3 Å². The predicted octanol–water partition coefficient (Wildman–Crippen LogP) is 2.60. The van der Waals surface area contributed by atoms with E-state index in [1.807, 2.05) is 12.1 Å². The van der Waals surface area contributed by atoms with E-state index in [0.29, 0.717) is 12.1 Å². The van der Waals surface area contributed by atoms with Crippen molar-refractivity contribution < 1.29 is 22.9 Å². The fraction of sp³-hybridized carbons (Fsp3) is 0.458. The molecule has 1 fully saturated rings. The molecule has 0 spiro atoms. The number of hydrogen-bond acceptors (Lipinski definition) is 7. The Balaban J connectivity index is 1.53. The van der Waals surface area contributed by atoms with Gasteiger partial charge in [0.25, 0.3) is 5.69 Å². The summed E-state index contributed by atoms with van der Waals surface area (Å²) < 4.78 is 31.3. The molecule has 1 N–H and O–H groups in total. The predicted molar refractivity (Wildman–Crippen MR) is 134 cm³/mol. The number of non-ortho nitro benzene ring substituents is 1. The van der Waals surface area contributed by atoms with E-state index in [-0.39, 0.29) is 36.7 Å². The normalized spacial score (nSPS) is 14.5. The molecule has 10 nitrogen and oxygen atoms in total. The zero-order chi connectivity index (χ0) is 25.4. The van der Waals surface area contributed by atoms with Gasteiger partial charge in [0.2, 0.25) is 15.9 Å². The Morgan fingerprint density at radius 3 is 2.57 bits per heavy atom. The molecular weight excluding hydrogens is 472 g/mol. The molecule has 0 atom stereocenters. The Bertz CT molecular complexity index is 1150. The van der Waals surface area contributed by atoms with Gasteiger partial charge in [0.15, 0.2) is 0 Å². The van der Waals surface area contributed by atoms with Crippen molar-refractivity contribution in [3.63, 3.8) is 0 Å². The van der Waals surface area contributed by atoms with Gasteiger partial charge >= 0.3 is 0 Å². The van der Waals surface area contributed by atoms with Crippen LogP contribution < -0.4 is 9.62 Å². The van der Waals surface area contributed by atoms with Gasteiger partial charge in [0.1, 0.15) is 0 Å². The quantitative estimate of drug-likeness (QED) is 0.369. The lowest BCUT2D eigenvalue weighted by Gasteiger charge is -2.26. The molecule has 1 amide bonds. The third kappa shape index (κ3) is 8.01. The first-order valence-electron chi connectivity index (χ1n) is 11.5. The van der Waals surface area contributed by atoms with Crippen LogP contribution in [0, 0.1) is 17.0 Å². The van der Waals surface area contributed by atoms with Gasteiger partial charge in [-0.15, -0.1) is 0 Å². The van der Waals surface area contributed by atoms with Crippen LogP contribution in [0.3, 0.4) is 0 Å². The van der Waals surface area contributed by atoms with Crippen LogP contribution in [-0.2, 0) is 32.6 Å². The van der Waals surface area contributed by atoms with Crippen LogP contribution in [0.5, 0.6) is 0 Å². The number of anilines is 1. The molecule has 1 aliphatic rings. The summed E-state index contributed by atoms with van der Waals surface area (Å²) in [5.41, 5.74) is 2.83. The Labute approximate surface area is 206 Å². The third-order valence-corrected chi connectivity index (χ3v) is 7.01. The minimum atomic E-state index is -3.69. The highest BCUT2D eigenvalue weighted by atomic mass is 32.2. The molecule has 11 heteroatoms. The van der Waals surface area contributed by atoms with Crippen LogP contribution in [0.2, 0.25) is 0 Å². The van der Waals surface area contributed by atoms with Crippen molar-refractivity contribution in [2.24, 2.45) is 0 Å². The van der Waals surface area contributed by atoms with Gasteiger partial charge in [-0.25, -0.2) is 8.42 Å². The Morgan fingerprint density at radius 1 is 1.17 bits per heavy atom. The highest BCUT2D eigenvalue weighted by Gasteiger charge is 2.22. The first kappa shape index (κ1) is 26.6. The van der Waals surface area contributed by atoms with E-state index < -0.39 is 14.9 Å². The molecule has 2 aromatic carbocycles. The van der Waals surface area contributed by atoms with Crippen LogP contribution in [0.25, 0.3) is 0 Å². The van der Waals surface area contributed by atoms with E-state index in [0.717, 1.165) is 49.0 Å². The number of sulfonamides is 1. The van der Waals surface area contributed by atoms with E-state index in [1.54, 1.807) is 6.92 Å². The van der Waals surface area contributed by atoms with Gasteiger partial charge in [-0.3, -0.25) is 24.1 Å². The zero-order valence-electron chi connectivity index (χ0n) is 20.1. The number of nitro groups is 1. The van der Waals surface area contributed by atoms with E-state index in [1.165, 1.54) is 23.8 Å². The molecule has 0 unspecified atom stereocenters. The topological polar surface area (TPSA) is 122 Å². The molecule has 1 heterocycles. The average molecular weight is 505 g/mol. The largest absolute Gasteiger partial charge is 0.379 e. The SMILES string of the molecule is Cc1ccc([N+](=O)[O-])cc1N(CCCC(=O)NCc1cccc(CN2CCOCC2)c1)S(C)(=O)=O. The van der Waals surface area contributed by atoms with Gasteiger partial charge in [0.05, 0.1) is 30.1 Å². The summed E-state index contributed by atoms with van der Waals surface area (Å²) in [6.45, 7) is 6.25. The summed E-state index contributed by atoms with van der Waals surface area (Å²) in [7, 11) is -3.69. The highest BCUT2D eigenvalue weighted by Crippen LogP contribution is 2.27. The molecule has 3 rings (SSSR count). The summed E-state index contributed by atoms with van der Waals surface area (Å²) in [5.74, 6) is -0.187. The number of nitro benzene ring substituents is 1. The van der Waals surface area contributed by atoms with Crippen molar-refractivity contribution in [3.8, 4) is 0 Å². The number of amides is 1. The minimum absolute atomic E-state index is 0.0449. The van der Waals surface area contributed by atoms with Crippen molar-refractivity contribution in [2.45, 2.75) is 32.9 Å². The summed E-state index contributed by atoms with van der Waals surface area (Å²) in [6.07, 6.45) is 1.46. The molecule has 0 aromatic heterocycles. The summed E-state index contributed by atoms with van der Waals surface area (Å²) in [6, 6.07) is 12.2. The van der Waals surface area contributed by atoms with Crippen molar-refractivity contribution in [2.75, 3.05) is 43.4 Å². The van der Waals surface area contributed by atoms with Gasteiger partial charge in [-0.05, 0) is 30.0 Å². The van der Waals surface area contributed by atoms with Gasteiger partial charge in [-0.1, -0.05) is 30.3 Å². The van der Waals surface area contributed by atoms with Gasteiger partial charge in [-0.2, -0.15) is 0 Å². The van der Waals surface area contributed by atoms with Crippen LogP contribution >= 0.6 is 0 Å². The first-order chi connectivity index (χ1) is 16.6. The second-order valence-electron chi connectivity index (χ2n) is 8.65. The molecule has 190 valence electrons. The summed E-state index contributed by atoms with van der Waals surface area (Å²) in [5, 5.41) is 14.0. The molecule has 0 saturated carbocycles. The Hall–Kier alpha value is -3.02. The zero-order valence-corrected chi connectivity index (χ0v) is 20.9. The lowest BCUT2D eigenvalue weighted by atomic mass is 10.1. The summed E-state index contributed by atoms with van der Waals surface area (Å²) in [4.78, 5) is 25.3. The Morgan fingerprint density at radius 2 is 1.89 bits per heavy atom. The maximum atomic E-state index is 12.4. The second-order valence-corrected chi connectivity index (χ2v) is 10.6. The Kier molecular flexibility index (Phi) is 9.19. The number of nitrogens with zero attached hydrogens (tertiary/aromatic N) is 3. The van der Waals surface area contributed by atoms with E-state index in [9.17, 15) is 23.3 Å². The molecule has 0 radical (unpaired) electrons. The molecular formula is C24H32N4O6S. The van der Waals surface area contributed by atoms with E-state index >= 15 is 0 Å². The molecule has 1 saturated heterocycles. The number of benzene rings is 2. The lowest BCUT2D eigenvalue weighted by molar-refractivity contribution is -0.384. The standard InChI is InChI=1S/C24H32N4O6S/c1-19-8-9-22(28(30)31)16-23(19)27(35(2,32)33)10-4-7-24(29)25-17-20-5-3-6-21(15-20)18-26-11-13-34-14-12-26/h3,5-6,8-9,15-16H,4,7,10-14,17-18H2,1-2H3,(H,25,29). The van der Waals surface area contributed by atoms with Crippen LogP contribution in [-0.4, -0.2) is 63.3 Å². The molecule has 2 aromatic rings. The van der Waals surface area contributed by atoms with Gasteiger partial charge < -0.3 is 10.1 Å². The number of hydrogen-bond donors (Lipinski definition) is 1. The lowest BCUT2D eigenvalue weighted by Crippen LogP contribution is -2.35. The number of ether oxygens (including phenoxy) is 1. The van der Waals surface area contributed by atoms with Crippen molar-refractivity contribution in [3.05, 3.63) is 69.3 Å². The second kappa shape index (κ2) is 12.1. The number of nitrogens with one attached hydrogen (secondary N) is 1. The maximum absolute atomic E-state index is 12.4. The van der Waals surface area contributed by atoms with E-state index in [2.05, 4.69) is 22.3 Å². The minimum Gasteiger partial charge on any atom is -0.379 e. The smallest absolute Gasteiger partial charge is 0.271 e. The average Bonchev–Trinajstić information content (AvgIpc) is 2.81. The van der Waals surface area contributed by atoms with Crippen LogP contribution in [0.1, 0.15) is 29.5 Å². The van der Waals surface area contributed by atoms with Crippen molar-refractivity contribution in [1.82, 2.24) is 10.2 Å². The molecule has 0 aliphatic carbocycles. The fourth-order valence-corrected chi connectivity index (χ4v) is 4.99. The number of rotatable bonds is 11. The highest BCUT2D eigenvalue weighted by molar-refractivity contribution is 7.92. The maximum Gasteiger partial charge on any atom is 0.271 e. The molecule has 35 heavy (non-hydrogen) atoms. The molecule has 1 aliphatic heterocycles. The molecule has 0 bridgehead atoms. The number of carbonyl (C=O) groups is 1.